The van der Waals surface area contributed by atoms with Gasteiger partial charge in [-0.05, 0) is 34.1 Å². The zero-order valence-corrected chi connectivity index (χ0v) is 16.6. The first kappa shape index (κ1) is 19.5. The molecule has 0 spiro atoms. The molecule has 2 heterocycles. The highest BCUT2D eigenvalue weighted by Crippen LogP contribution is 2.62. The number of thiophene rings is 1. The van der Waals surface area contributed by atoms with Crippen LogP contribution in [0.5, 0.6) is 0 Å². The molecule has 0 fully saturated rings. The zero-order valence-electron chi connectivity index (χ0n) is 12.5. The van der Waals surface area contributed by atoms with E-state index in [2.05, 4.69) is 30.0 Å². The lowest BCUT2D eigenvalue weighted by Crippen LogP contribution is -2.22. The van der Waals surface area contributed by atoms with Gasteiger partial charge < -0.3 is 15.1 Å². The molecule has 0 saturated heterocycles. The molecular formula is C13H9BrF2N3O4PS2. The molecule has 138 valence electrons. The Morgan fingerprint density at radius 2 is 2.12 bits per heavy atom. The number of benzene rings is 1. The lowest BCUT2D eigenvalue weighted by Gasteiger charge is -2.16. The number of aromatic nitrogens is 2. The SMILES string of the molecule is O=C(NCc1cnsn1)c1ccc2sc(C(F)(F)P(=O)(O)O)c(Br)c2c1. The molecule has 26 heavy (non-hydrogen) atoms. The van der Waals surface area contributed by atoms with Crippen molar-refractivity contribution in [3.63, 3.8) is 0 Å². The molecule has 3 aromatic rings. The number of amides is 1. The summed E-state index contributed by atoms with van der Waals surface area (Å²) in [5, 5.41) is 2.89. The van der Waals surface area contributed by atoms with Gasteiger partial charge in [-0.25, -0.2) is 0 Å². The molecule has 0 bridgehead atoms. The highest BCUT2D eigenvalue weighted by atomic mass is 79.9. The van der Waals surface area contributed by atoms with Gasteiger partial charge >= 0.3 is 13.3 Å². The molecular weight excluding hydrogens is 475 g/mol. The maximum Gasteiger partial charge on any atom is 0.400 e. The van der Waals surface area contributed by atoms with Crippen LogP contribution in [0.3, 0.4) is 0 Å². The predicted octanol–water partition coefficient (Wildman–Crippen LogP) is 3.67. The normalized spacial score (nSPS) is 12.5. The Morgan fingerprint density at radius 3 is 2.73 bits per heavy atom. The van der Waals surface area contributed by atoms with E-state index in [0.29, 0.717) is 21.7 Å². The number of hydrogen-bond donors (Lipinski definition) is 3. The van der Waals surface area contributed by atoms with Gasteiger partial charge in [-0.3, -0.25) is 9.36 Å². The van der Waals surface area contributed by atoms with E-state index in [1.54, 1.807) is 0 Å². The molecule has 0 saturated carbocycles. The van der Waals surface area contributed by atoms with Crippen LogP contribution in [0.4, 0.5) is 8.78 Å². The average Bonchev–Trinajstić information content (AvgIpc) is 3.19. The van der Waals surface area contributed by atoms with Crippen molar-refractivity contribution in [1.29, 1.82) is 0 Å². The number of rotatable bonds is 5. The van der Waals surface area contributed by atoms with E-state index < -0.39 is 24.0 Å². The van der Waals surface area contributed by atoms with Crippen LogP contribution in [0.2, 0.25) is 0 Å². The van der Waals surface area contributed by atoms with E-state index in [4.69, 9.17) is 9.79 Å². The van der Waals surface area contributed by atoms with Gasteiger partial charge in [-0.1, -0.05) is 0 Å². The first-order chi connectivity index (χ1) is 12.1. The van der Waals surface area contributed by atoms with Crippen LogP contribution < -0.4 is 5.32 Å². The van der Waals surface area contributed by atoms with Gasteiger partial charge in [0.15, 0.2) is 0 Å². The van der Waals surface area contributed by atoms with Crippen LogP contribution in [0.1, 0.15) is 20.9 Å². The second-order valence-corrected chi connectivity index (χ2v) is 9.17. The molecule has 2 aromatic heterocycles. The molecule has 0 aliphatic heterocycles. The third-order valence-electron chi connectivity index (χ3n) is 3.37. The summed E-state index contributed by atoms with van der Waals surface area (Å²) < 4.78 is 47.1. The number of nitrogens with one attached hydrogen (secondary N) is 1. The van der Waals surface area contributed by atoms with Crippen LogP contribution in [0.15, 0.2) is 28.9 Å². The van der Waals surface area contributed by atoms with Gasteiger partial charge in [0.05, 0.1) is 30.2 Å². The second-order valence-electron chi connectivity index (χ2n) is 5.12. The van der Waals surface area contributed by atoms with Crippen molar-refractivity contribution in [1.82, 2.24) is 14.1 Å². The quantitative estimate of drug-likeness (QED) is 0.477. The fraction of sp³-hybridized carbons (Fsp3) is 0.154. The van der Waals surface area contributed by atoms with E-state index in [1.165, 1.54) is 24.4 Å². The number of carbonyl (C=O) groups excluding carboxylic acids is 1. The summed E-state index contributed by atoms with van der Waals surface area (Å²) in [6.07, 6.45) is 1.51. The van der Waals surface area contributed by atoms with Crippen molar-refractivity contribution >= 4 is 62.6 Å². The van der Waals surface area contributed by atoms with E-state index >= 15 is 0 Å². The number of nitrogens with zero attached hydrogens (tertiary/aromatic N) is 2. The minimum absolute atomic E-state index is 0.149. The first-order valence-corrected chi connectivity index (χ1v) is 10.8. The van der Waals surface area contributed by atoms with Crippen LogP contribution in [0, 0.1) is 0 Å². The lowest BCUT2D eigenvalue weighted by atomic mass is 10.1. The topological polar surface area (TPSA) is 112 Å². The Hall–Kier alpha value is -1.30. The molecule has 13 heteroatoms. The maximum atomic E-state index is 14.0. The molecule has 0 aliphatic rings. The summed E-state index contributed by atoms with van der Waals surface area (Å²) in [5.74, 6) is -0.443. The van der Waals surface area contributed by atoms with Gasteiger partial charge in [-0.2, -0.15) is 17.5 Å². The summed E-state index contributed by atoms with van der Waals surface area (Å²) in [6.45, 7) is 0.166. The molecule has 0 atom stereocenters. The number of fused-ring (bicyclic) bond motifs is 1. The van der Waals surface area contributed by atoms with Crippen molar-refractivity contribution in [2.45, 2.75) is 12.2 Å². The molecule has 7 nitrogen and oxygen atoms in total. The van der Waals surface area contributed by atoms with E-state index in [9.17, 15) is 18.1 Å². The fourth-order valence-electron chi connectivity index (χ4n) is 2.07. The predicted molar refractivity (Wildman–Crippen MR) is 96.5 cm³/mol. The second kappa shape index (κ2) is 7.02. The third-order valence-corrected chi connectivity index (χ3v) is 7.31. The van der Waals surface area contributed by atoms with Crippen LogP contribution >= 0.6 is 46.6 Å². The monoisotopic (exact) mass is 483 g/mol. The number of hydrogen-bond acceptors (Lipinski definition) is 6. The molecule has 0 unspecified atom stereocenters. The molecule has 3 N–H and O–H groups in total. The summed E-state index contributed by atoms with van der Waals surface area (Å²) in [7, 11) is -5.69. The van der Waals surface area contributed by atoms with E-state index in [-0.39, 0.29) is 22.0 Å². The first-order valence-electron chi connectivity index (χ1n) is 6.82. The Kier molecular flexibility index (Phi) is 5.26. The van der Waals surface area contributed by atoms with Gasteiger partial charge in [-0.15, -0.1) is 11.3 Å². The number of alkyl halides is 2. The Labute approximate surface area is 161 Å². The molecule has 1 amide bonds. The van der Waals surface area contributed by atoms with Crippen molar-refractivity contribution < 1.29 is 27.9 Å². The van der Waals surface area contributed by atoms with Crippen molar-refractivity contribution in [3.8, 4) is 0 Å². The lowest BCUT2D eigenvalue weighted by molar-refractivity contribution is 0.0595. The van der Waals surface area contributed by atoms with E-state index in [0.717, 1.165) is 11.7 Å². The molecule has 0 aliphatic carbocycles. The van der Waals surface area contributed by atoms with Gasteiger partial charge in [0, 0.05) is 20.1 Å². The van der Waals surface area contributed by atoms with E-state index in [1.807, 2.05) is 0 Å². The number of halogens is 3. The summed E-state index contributed by atoms with van der Waals surface area (Å²) >= 11 is 4.53. The largest absolute Gasteiger partial charge is 0.400 e. The highest BCUT2D eigenvalue weighted by molar-refractivity contribution is 9.10. The van der Waals surface area contributed by atoms with Crippen LogP contribution in [0.25, 0.3) is 10.1 Å². The smallest absolute Gasteiger partial charge is 0.346 e. The fourth-order valence-corrected chi connectivity index (χ4v) is 5.43. The summed E-state index contributed by atoms with van der Waals surface area (Å²) in [6, 6.07) is 4.27. The minimum Gasteiger partial charge on any atom is -0.346 e. The van der Waals surface area contributed by atoms with Crippen molar-refractivity contribution in [3.05, 3.63) is 45.0 Å². The van der Waals surface area contributed by atoms with Crippen molar-refractivity contribution in [2.24, 2.45) is 0 Å². The Balaban J connectivity index is 1.93. The third kappa shape index (κ3) is 3.57. The highest BCUT2D eigenvalue weighted by Gasteiger charge is 2.53. The summed E-state index contributed by atoms with van der Waals surface area (Å²) in [4.78, 5) is 29.3. The van der Waals surface area contributed by atoms with Gasteiger partial charge in [0.1, 0.15) is 4.88 Å². The maximum absolute atomic E-state index is 14.0. The van der Waals surface area contributed by atoms with Crippen LogP contribution in [-0.2, 0) is 16.8 Å². The molecule has 3 rings (SSSR count). The minimum atomic E-state index is -5.69. The average molecular weight is 484 g/mol. The van der Waals surface area contributed by atoms with Crippen LogP contribution in [-0.4, -0.2) is 24.4 Å². The van der Waals surface area contributed by atoms with Crippen molar-refractivity contribution in [2.75, 3.05) is 0 Å². The zero-order chi connectivity index (χ0) is 19.1. The standard InChI is InChI=1S/C13H9BrF2N3O4PS2/c14-10-8-3-6(12(20)17-4-7-5-18-26-19-7)1-2-9(8)25-11(10)13(15,16)24(21,22)23/h1-3,5H,4H2,(H,17,20)(H2,21,22,23). The number of carbonyl (C=O) groups is 1. The molecule has 0 radical (unpaired) electrons. The molecule has 1 aromatic carbocycles. The Bertz CT molecular complexity index is 1020. The summed E-state index contributed by atoms with van der Waals surface area (Å²) in [5.41, 5.74) is -3.52. The van der Waals surface area contributed by atoms with Gasteiger partial charge in [0.2, 0.25) is 0 Å². The van der Waals surface area contributed by atoms with Gasteiger partial charge in [0.25, 0.3) is 5.91 Å². The Morgan fingerprint density at radius 1 is 1.38 bits per heavy atom.